The topological polar surface area (TPSA) is 76.7 Å². The monoisotopic (exact) mass is 612 g/mol. The van der Waals surface area contributed by atoms with Gasteiger partial charge in [0.15, 0.2) is 0 Å². The molecule has 0 bridgehead atoms. The van der Waals surface area contributed by atoms with Gasteiger partial charge in [0.1, 0.15) is 6.10 Å². The summed E-state index contributed by atoms with van der Waals surface area (Å²) in [6, 6.07) is 0. The highest BCUT2D eigenvalue weighted by atomic mass is 16.6. The van der Waals surface area contributed by atoms with Crippen molar-refractivity contribution in [3.8, 4) is 0 Å². The second-order valence-corrected chi connectivity index (χ2v) is 17.2. The van der Waals surface area contributed by atoms with Crippen molar-refractivity contribution in [2.45, 2.75) is 139 Å². The summed E-state index contributed by atoms with van der Waals surface area (Å²) in [6.45, 7) is 25.5. The highest BCUT2D eigenvalue weighted by molar-refractivity contribution is 5.67. The summed E-state index contributed by atoms with van der Waals surface area (Å²) in [5, 5.41) is 5.88. The van der Waals surface area contributed by atoms with Gasteiger partial charge >= 0.3 is 12.2 Å². The van der Waals surface area contributed by atoms with Crippen LogP contribution in [0, 0.1) is 56.7 Å². The second kappa shape index (κ2) is 12.1. The quantitative estimate of drug-likeness (QED) is 0.268. The average Bonchev–Trinajstić information content (AvgIpc) is 3.36. The van der Waals surface area contributed by atoms with E-state index >= 15 is 0 Å². The standard InChI is InChI=1S/C38H64N2O4/c1-10-22-39-32(41)43-24-38-19-14-26(25(3)4)31(38)27-12-13-29-35(7)17-16-30(44-33(42)40-23-11-2)34(5,6)28(35)15-18-37(29,9)36(27,8)20-21-38/h26-31H,3,10-24H2,1-2,4-9H3,(H,39,41)(H,40,42)/t26-,27+,28-,29+,30-,31+,35-,36+,37+,38+/m0/s1. The minimum Gasteiger partial charge on any atom is -0.449 e. The number of ether oxygens (including phenoxy) is 2. The van der Waals surface area contributed by atoms with Gasteiger partial charge in [-0.1, -0.05) is 60.6 Å². The highest BCUT2D eigenvalue weighted by Crippen LogP contribution is 2.77. The molecular weight excluding hydrogens is 548 g/mol. The van der Waals surface area contributed by atoms with Crippen molar-refractivity contribution >= 4 is 12.2 Å². The van der Waals surface area contributed by atoms with Crippen molar-refractivity contribution in [1.29, 1.82) is 0 Å². The molecule has 0 aromatic rings. The summed E-state index contributed by atoms with van der Waals surface area (Å²) in [4.78, 5) is 25.2. The Morgan fingerprint density at radius 3 is 2.11 bits per heavy atom. The van der Waals surface area contributed by atoms with Crippen molar-refractivity contribution in [3.63, 3.8) is 0 Å². The Labute approximate surface area is 268 Å². The molecular formula is C38H64N2O4. The van der Waals surface area contributed by atoms with Crippen LogP contribution >= 0.6 is 0 Å². The Kier molecular flexibility index (Phi) is 9.28. The summed E-state index contributed by atoms with van der Waals surface area (Å²) in [5.41, 5.74) is 2.08. The second-order valence-electron chi connectivity index (χ2n) is 17.2. The van der Waals surface area contributed by atoms with Crippen LogP contribution in [0.4, 0.5) is 9.59 Å². The van der Waals surface area contributed by atoms with Crippen molar-refractivity contribution < 1.29 is 19.1 Å². The molecule has 0 heterocycles. The third-order valence-electron chi connectivity index (χ3n) is 15.0. The maximum Gasteiger partial charge on any atom is 0.407 e. The number of alkyl carbamates (subject to hydrolysis) is 2. The fraction of sp³-hybridized carbons (Fsp3) is 0.895. The van der Waals surface area contributed by atoms with E-state index in [4.69, 9.17) is 9.47 Å². The van der Waals surface area contributed by atoms with Gasteiger partial charge < -0.3 is 20.1 Å². The van der Waals surface area contributed by atoms with E-state index in [-0.39, 0.29) is 45.4 Å². The van der Waals surface area contributed by atoms with E-state index in [1.807, 2.05) is 0 Å². The normalized spacial score (nSPS) is 43.8. The molecule has 6 heteroatoms. The van der Waals surface area contributed by atoms with E-state index in [9.17, 15) is 9.59 Å². The molecule has 0 aliphatic heterocycles. The Morgan fingerprint density at radius 2 is 1.45 bits per heavy atom. The first kappa shape index (κ1) is 33.6. The van der Waals surface area contributed by atoms with E-state index < -0.39 is 0 Å². The number of carbonyl (C=O) groups is 2. The first-order valence-corrected chi connectivity index (χ1v) is 18.2. The molecule has 0 unspecified atom stereocenters. The number of nitrogens with one attached hydrogen (secondary N) is 2. The van der Waals surface area contributed by atoms with E-state index in [1.54, 1.807) is 0 Å². The maximum absolute atomic E-state index is 12.6. The molecule has 5 saturated carbocycles. The maximum atomic E-state index is 12.6. The lowest BCUT2D eigenvalue weighted by molar-refractivity contribution is -0.249. The lowest BCUT2D eigenvalue weighted by Gasteiger charge is -2.73. The minimum atomic E-state index is -0.251. The zero-order chi connectivity index (χ0) is 32.1. The van der Waals surface area contributed by atoms with Crippen LogP contribution in [-0.2, 0) is 9.47 Å². The molecule has 5 aliphatic rings. The minimum absolute atomic E-state index is 0.0339. The first-order valence-electron chi connectivity index (χ1n) is 18.2. The summed E-state index contributed by atoms with van der Waals surface area (Å²) in [6.07, 6.45) is 13.1. The van der Waals surface area contributed by atoms with E-state index in [1.165, 1.54) is 44.1 Å². The summed E-state index contributed by atoms with van der Waals surface area (Å²) >= 11 is 0. The van der Waals surface area contributed by atoms with Crippen LogP contribution in [0.15, 0.2) is 12.2 Å². The van der Waals surface area contributed by atoms with Crippen LogP contribution in [0.25, 0.3) is 0 Å². The third kappa shape index (κ3) is 5.20. The molecule has 5 fully saturated rings. The SMILES string of the molecule is C=C(C)[C@@H]1CC[C@]2(COC(=O)NCCC)CC[C@]3(C)[C@H](CC[C@@H]4[C@@]5(C)CC[C@H](OC(=O)NCCC)C(C)(C)[C@@H]5CC[C@]43C)[C@@H]12. The molecule has 0 saturated heterocycles. The number of hydrogen-bond acceptors (Lipinski definition) is 4. The zero-order valence-corrected chi connectivity index (χ0v) is 29.4. The fourth-order valence-electron chi connectivity index (χ4n) is 12.6. The van der Waals surface area contributed by atoms with Crippen LogP contribution in [0.3, 0.4) is 0 Å². The first-order chi connectivity index (χ1) is 20.7. The van der Waals surface area contributed by atoms with Crippen molar-refractivity contribution in [3.05, 3.63) is 12.2 Å². The molecule has 2 N–H and O–H groups in total. The third-order valence-corrected chi connectivity index (χ3v) is 15.0. The Bertz CT molecular complexity index is 1100. The number of carbonyl (C=O) groups excluding carboxylic acids is 2. The van der Waals surface area contributed by atoms with Crippen LogP contribution in [0.2, 0.25) is 0 Å². The number of rotatable bonds is 8. The Hall–Kier alpha value is -1.72. The van der Waals surface area contributed by atoms with Crippen LogP contribution < -0.4 is 10.6 Å². The summed E-state index contributed by atoms with van der Waals surface area (Å²) < 4.78 is 12.1. The van der Waals surface area contributed by atoms with Gasteiger partial charge in [-0.15, -0.1) is 0 Å². The number of amides is 2. The number of fused-ring (bicyclic) bond motifs is 7. The molecule has 0 radical (unpaired) electrons. The molecule has 5 aliphatic carbocycles. The zero-order valence-electron chi connectivity index (χ0n) is 29.4. The fourth-order valence-corrected chi connectivity index (χ4v) is 12.6. The van der Waals surface area contributed by atoms with Crippen molar-refractivity contribution in [1.82, 2.24) is 10.6 Å². The van der Waals surface area contributed by atoms with Crippen LogP contribution in [-0.4, -0.2) is 38.0 Å². The van der Waals surface area contributed by atoms with Gasteiger partial charge in [-0.05, 0) is 130 Å². The van der Waals surface area contributed by atoms with Crippen LogP contribution in [0.5, 0.6) is 0 Å². The van der Waals surface area contributed by atoms with Gasteiger partial charge in [0.25, 0.3) is 0 Å². The largest absolute Gasteiger partial charge is 0.449 e. The van der Waals surface area contributed by atoms with E-state index in [0.29, 0.717) is 49.3 Å². The van der Waals surface area contributed by atoms with Gasteiger partial charge in [0, 0.05) is 23.9 Å². The number of hydrogen-bond donors (Lipinski definition) is 2. The van der Waals surface area contributed by atoms with E-state index in [2.05, 4.69) is 72.6 Å². The molecule has 6 nitrogen and oxygen atoms in total. The van der Waals surface area contributed by atoms with Gasteiger partial charge in [-0.3, -0.25) is 0 Å². The molecule has 0 spiro atoms. The molecule has 250 valence electrons. The van der Waals surface area contributed by atoms with Gasteiger partial charge in [0.05, 0.1) is 6.61 Å². The average molecular weight is 613 g/mol. The van der Waals surface area contributed by atoms with Crippen LogP contribution in [0.1, 0.15) is 132 Å². The Balaban J connectivity index is 1.40. The predicted octanol–water partition coefficient (Wildman–Crippen LogP) is 9.29. The van der Waals surface area contributed by atoms with Crippen molar-refractivity contribution in [2.24, 2.45) is 56.7 Å². The molecule has 0 aromatic heterocycles. The highest BCUT2D eigenvalue weighted by Gasteiger charge is 2.71. The molecule has 44 heavy (non-hydrogen) atoms. The molecule has 10 atom stereocenters. The predicted molar refractivity (Wildman–Crippen MR) is 177 cm³/mol. The molecule has 2 amide bonds. The molecule has 0 aromatic carbocycles. The lowest BCUT2D eigenvalue weighted by Crippen LogP contribution is -2.67. The van der Waals surface area contributed by atoms with Gasteiger partial charge in [0.2, 0.25) is 0 Å². The van der Waals surface area contributed by atoms with Gasteiger partial charge in [-0.2, -0.15) is 0 Å². The van der Waals surface area contributed by atoms with Crippen molar-refractivity contribution in [2.75, 3.05) is 19.7 Å². The Morgan fingerprint density at radius 1 is 0.773 bits per heavy atom. The van der Waals surface area contributed by atoms with E-state index in [0.717, 1.165) is 38.5 Å². The lowest BCUT2D eigenvalue weighted by atomic mass is 9.32. The number of allylic oxidation sites excluding steroid dienone is 1. The summed E-state index contributed by atoms with van der Waals surface area (Å²) in [7, 11) is 0. The smallest absolute Gasteiger partial charge is 0.407 e. The summed E-state index contributed by atoms with van der Waals surface area (Å²) in [5.74, 6) is 2.87. The molecule has 5 rings (SSSR count). The van der Waals surface area contributed by atoms with Gasteiger partial charge in [-0.25, -0.2) is 9.59 Å².